The lowest BCUT2D eigenvalue weighted by atomic mass is 9.88. The molecule has 3 fully saturated rings. The number of esters is 2. The Morgan fingerprint density at radius 3 is 2.11 bits per heavy atom. The molecule has 1 unspecified atom stereocenters. The number of thiophene rings is 1. The molecule has 0 spiro atoms. The number of piperazine rings is 1. The molecule has 17 nitrogen and oxygen atoms in total. The Hall–Kier alpha value is -4.78. The van der Waals surface area contributed by atoms with E-state index in [1.807, 2.05) is 6.92 Å². The van der Waals surface area contributed by atoms with Gasteiger partial charge in [-0.3, -0.25) is 47.5 Å². The summed E-state index contributed by atoms with van der Waals surface area (Å²) >= 11 is 0.992. The van der Waals surface area contributed by atoms with E-state index in [1.165, 1.54) is 66.1 Å². The molecule has 3 aliphatic heterocycles. The van der Waals surface area contributed by atoms with Crippen molar-refractivity contribution in [1.29, 1.82) is 0 Å². The SMILES string of the molecule is CC(C)(C)C(=O)OCOP(=O)(OCOC(=O)C(C)(C)C)C(F)(F)c1ccc2sc(C(=O)NC3CCCC[C@@]4(C)CC[C@@H](C(=O)N5CCN(C(=O)c6cn[nH]c6)CC5)N4C3=O)cc2c1. The molecule has 4 amide bonds. The van der Waals surface area contributed by atoms with Gasteiger partial charge in [0.05, 0.1) is 27.5 Å². The second kappa shape index (κ2) is 18.4. The molecule has 3 atom stereocenters. The van der Waals surface area contributed by atoms with E-state index in [9.17, 15) is 33.3 Å². The molecular formula is C42H55F2N6O11PS. The molecule has 1 aromatic carbocycles. The van der Waals surface area contributed by atoms with Gasteiger partial charge in [0.1, 0.15) is 12.1 Å². The van der Waals surface area contributed by atoms with Crippen LogP contribution in [0.3, 0.4) is 0 Å². The smallest absolute Gasteiger partial charge is 0.410 e. The Morgan fingerprint density at radius 1 is 0.905 bits per heavy atom. The van der Waals surface area contributed by atoms with E-state index in [2.05, 4.69) is 15.5 Å². The van der Waals surface area contributed by atoms with Gasteiger partial charge in [0.2, 0.25) is 25.4 Å². The number of fused-ring (bicyclic) bond motifs is 2. The Labute approximate surface area is 368 Å². The molecule has 21 heteroatoms. The Kier molecular flexibility index (Phi) is 13.9. The molecule has 2 aromatic heterocycles. The van der Waals surface area contributed by atoms with Gasteiger partial charge in [-0.2, -0.15) is 13.9 Å². The predicted molar refractivity (Wildman–Crippen MR) is 225 cm³/mol. The zero-order valence-corrected chi connectivity index (χ0v) is 38.2. The lowest BCUT2D eigenvalue weighted by Crippen LogP contribution is -2.61. The van der Waals surface area contributed by atoms with E-state index in [4.69, 9.17) is 18.5 Å². The normalized spacial score (nSPS) is 21.4. The molecule has 63 heavy (non-hydrogen) atoms. The molecule has 0 saturated carbocycles. The third-order valence-electron chi connectivity index (χ3n) is 11.5. The maximum Gasteiger partial charge on any atom is 0.410 e. The topological polar surface area (TPSA) is 207 Å². The van der Waals surface area contributed by atoms with Gasteiger partial charge < -0.3 is 29.5 Å². The lowest BCUT2D eigenvalue weighted by Gasteiger charge is -2.43. The average molecular weight is 921 g/mol. The van der Waals surface area contributed by atoms with Crippen molar-refractivity contribution in [2.75, 3.05) is 39.8 Å². The minimum Gasteiger partial charge on any atom is -0.438 e. The number of amides is 4. The van der Waals surface area contributed by atoms with Crippen LogP contribution >= 0.6 is 18.9 Å². The fraction of sp³-hybridized carbons (Fsp3) is 0.595. The van der Waals surface area contributed by atoms with Crippen molar-refractivity contribution in [2.24, 2.45) is 10.8 Å². The average Bonchev–Trinajstić information content (AvgIpc) is 3.99. The van der Waals surface area contributed by atoms with Crippen LogP contribution in [-0.2, 0) is 47.9 Å². The number of nitrogens with zero attached hydrogens (tertiary/aromatic N) is 4. The maximum absolute atomic E-state index is 16.3. The van der Waals surface area contributed by atoms with E-state index in [1.54, 1.807) is 14.7 Å². The minimum absolute atomic E-state index is 0.110. The molecule has 344 valence electrons. The lowest BCUT2D eigenvalue weighted by molar-refractivity contribution is -0.163. The fourth-order valence-corrected chi connectivity index (χ4v) is 9.99. The van der Waals surface area contributed by atoms with E-state index in [0.29, 0.717) is 68.5 Å². The van der Waals surface area contributed by atoms with Gasteiger partial charge >= 0.3 is 25.2 Å². The van der Waals surface area contributed by atoms with Crippen LogP contribution in [0, 0.1) is 10.8 Å². The zero-order chi connectivity index (χ0) is 46.1. The van der Waals surface area contributed by atoms with Crippen molar-refractivity contribution in [3.05, 3.63) is 52.7 Å². The number of alkyl halides is 2. The van der Waals surface area contributed by atoms with Crippen LogP contribution in [0.15, 0.2) is 36.7 Å². The first kappa shape index (κ1) is 47.7. The highest BCUT2D eigenvalue weighted by atomic mass is 32.1. The summed E-state index contributed by atoms with van der Waals surface area (Å²) in [5.74, 6) is -3.04. The molecule has 3 aliphatic rings. The number of hydrogen-bond acceptors (Lipinski definition) is 13. The summed E-state index contributed by atoms with van der Waals surface area (Å²) in [5.41, 5.74) is -7.45. The number of carbonyl (C=O) groups is 6. The molecule has 6 rings (SSSR count). The van der Waals surface area contributed by atoms with E-state index < -0.39 is 78.7 Å². The number of nitrogens with one attached hydrogen (secondary N) is 2. The van der Waals surface area contributed by atoms with Crippen LogP contribution < -0.4 is 5.32 Å². The number of carbonyl (C=O) groups excluding carboxylic acids is 6. The number of benzene rings is 1. The molecule has 3 aromatic rings. The number of aromatic amines is 1. The Bertz CT molecular complexity index is 2230. The molecular weight excluding hydrogens is 866 g/mol. The number of H-pyrrole nitrogens is 1. The summed E-state index contributed by atoms with van der Waals surface area (Å²) in [6, 6.07) is 2.96. The van der Waals surface area contributed by atoms with Crippen molar-refractivity contribution in [3.63, 3.8) is 0 Å². The summed E-state index contributed by atoms with van der Waals surface area (Å²) in [6.45, 7) is 10.0. The fourth-order valence-electron chi connectivity index (χ4n) is 7.80. The second-order valence-corrected chi connectivity index (χ2v) is 21.6. The molecule has 5 heterocycles. The van der Waals surface area contributed by atoms with Crippen molar-refractivity contribution >= 4 is 64.6 Å². The monoisotopic (exact) mass is 920 g/mol. The van der Waals surface area contributed by atoms with E-state index >= 15 is 8.78 Å². The zero-order valence-electron chi connectivity index (χ0n) is 36.5. The van der Waals surface area contributed by atoms with Crippen LogP contribution in [0.4, 0.5) is 8.78 Å². The highest BCUT2D eigenvalue weighted by Crippen LogP contribution is 2.67. The van der Waals surface area contributed by atoms with E-state index in [0.717, 1.165) is 29.9 Å². The third-order valence-corrected chi connectivity index (χ3v) is 14.5. The highest BCUT2D eigenvalue weighted by molar-refractivity contribution is 7.54. The van der Waals surface area contributed by atoms with E-state index in [-0.39, 0.29) is 28.0 Å². The number of aromatic nitrogens is 2. The Balaban J connectivity index is 1.16. The first-order valence-electron chi connectivity index (χ1n) is 20.8. The van der Waals surface area contributed by atoms with Crippen LogP contribution in [0.5, 0.6) is 0 Å². The first-order chi connectivity index (χ1) is 29.4. The van der Waals surface area contributed by atoms with Gasteiger partial charge in [0.25, 0.3) is 11.8 Å². The summed E-state index contributed by atoms with van der Waals surface area (Å²) in [5, 5.41) is 9.51. The van der Waals surface area contributed by atoms with Crippen molar-refractivity contribution in [3.8, 4) is 0 Å². The molecule has 3 saturated heterocycles. The van der Waals surface area contributed by atoms with Crippen LogP contribution in [0.2, 0.25) is 0 Å². The van der Waals surface area contributed by atoms with Crippen molar-refractivity contribution in [2.45, 2.75) is 110 Å². The summed E-state index contributed by atoms with van der Waals surface area (Å²) in [7, 11) is -5.59. The number of hydrogen-bond donors (Lipinski definition) is 2. The minimum atomic E-state index is -5.59. The summed E-state index contributed by atoms with van der Waals surface area (Å²) < 4.78 is 66.8. The molecule has 0 aliphatic carbocycles. The van der Waals surface area contributed by atoms with Gasteiger partial charge in [-0.05, 0) is 97.7 Å². The summed E-state index contributed by atoms with van der Waals surface area (Å²) in [6.07, 6.45) is 6.43. The van der Waals surface area contributed by atoms with Gasteiger partial charge in [-0.1, -0.05) is 18.9 Å². The standard InChI is InChI=1S/C42H55F2N6O11PS/c1-39(2,3)37(55)58-24-60-62(57,61-25-59-38(56)40(4,5)6)42(43,44)28-11-12-31-26(20-28)21-32(63-31)33(51)47-29-10-8-9-14-41(7)15-13-30(50(41)35(29)53)36(54)49-18-16-48(17-19-49)34(52)27-22-45-46-23-27/h11-12,20-23,29-30H,8-10,13-19,24-25H2,1-7H3,(H,45,46)(H,47,51)/t29?,30-,41-/m0/s1. The second-order valence-electron chi connectivity index (χ2n) is 18.4. The van der Waals surface area contributed by atoms with Gasteiger partial charge in [-0.15, -0.1) is 11.3 Å². The number of rotatable bonds is 12. The maximum atomic E-state index is 16.3. The Morgan fingerprint density at radius 2 is 1.52 bits per heavy atom. The highest BCUT2D eigenvalue weighted by Gasteiger charge is 2.56. The largest absolute Gasteiger partial charge is 0.438 e. The number of ether oxygens (including phenoxy) is 2. The van der Waals surface area contributed by atoms with Gasteiger partial charge in [-0.25, -0.2) is 0 Å². The van der Waals surface area contributed by atoms with Gasteiger partial charge in [0, 0.05) is 48.2 Å². The molecule has 2 N–H and O–H groups in total. The van der Waals surface area contributed by atoms with Crippen LogP contribution in [-0.4, -0.2) is 118 Å². The van der Waals surface area contributed by atoms with Crippen LogP contribution in [0.25, 0.3) is 10.1 Å². The van der Waals surface area contributed by atoms with Crippen molar-refractivity contribution in [1.82, 2.24) is 30.2 Å². The molecule has 0 radical (unpaired) electrons. The summed E-state index contributed by atoms with van der Waals surface area (Å²) in [4.78, 5) is 85.0. The predicted octanol–water partition coefficient (Wildman–Crippen LogP) is 6.40. The number of halogens is 2. The quantitative estimate of drug-likeness (QED) is 0.115. The van der Waals surface area contributed by atoms with Gasteiger partial charge in [0.15, 0.2) is 0 Å². The molecule has 0 bridgehead atoms. The van der Waals surface area contributed by atoms with Crippen molar-refractivity contribution < 1.29 is 60.6 Å². The first-order valence-corrected chi connectivity index (χ1v) is 23.2. The third kappa shape index (κ3) is 10.3. The van der Waals surface area contributed by atoms with Crippen LogP contribution in [0.1, 0.15) is 113 Å².